The van der Waals surface area contributed by atoms with Crippen molar-refractivity contribution in [3.8, 4) is 0 Å². The van der Waals surface area contributed by atoms with Crippen LogP contribution in [0, 0.1) is 13.8 Å². The predicted molar refractivity (Wildman–Crippen MR) is 166 cm³/mol. The average molecular weight is 639 g/mol. The SMILES string of the molecule is Cc1ccc(S(=O)(=O)N(CC(=O)N(Cc2c(Cl)cccc2Cl)[C@@H](C)C(=O)NC(C)(C)C)c2ccc(C)c(Cl)c2)cc1. The minimum Gasteiger partial charge on any atom is -0.350 e. The number of halogens is 3. The molecule has 0 heterocycles. The van der Waals surface area contributed by atoms with Crippen molar-refractivity contribution in [2.45, 2.75) is 64.6 Å². The number of amides is 2. The molecule has 3 aromatic rings. The number of hydrogen-bond donors (Lipinski definition) is 1. The smallest absolute Gasteiger partial charge is 0.264 e. The van der Waals surface area contributed by atoms with Gasteiger partial charge < -0.3 is 10.2 Å². The monoisotopic (exact) mass is 637 g/mol. The van der Waals surface area contributed by atoms with Gasteiger partial charge in [0.15, 0.2) is 0 Å². The first-order valence-corrected chi connectivity index (χ1v) is 15.5. The number of benzene rings is 3. The number of carbonyl (C=O) groups is 2. The highest BCUT2D eigenvalue weighted by Gasteiger charge is 2.34. The Morgan fingerprint density at radius 3 is 2.02 bits per heavy atom. The van der Waals surface area contributed by atoms with Crippen molar-refractivity contribution in [3.63, 3.8) is 0 Å². The maximum Gasteiger partial charge on any atom is 0.264 e. The number of rotatable bonds is 9. The molecule has 220 valence electrons. The zero-order chi connectivity index (χ0) is 30.7. The van der Waals surface area contributed by atoms with E-state index in [-0.39, 0.29) is 17.1 Å². The summed E-state index contributed by atoms with van der Waals surface area (Å²) in [4.78, 5) is 28.6. The Labute approximate surface area is 257 Å². The highest BCUT2D eigenvalue weighted by molar-refractivity contribution is 7.92. The lowest BCUT2D eigenvalue weighted by Gasteiger charge is -2.34. The van der Waals surface area contributed by atoms with Gasteiger partial charge in [-0.1, -0.05) is 64.6 Å². The van der Waals surface area contributed by atoms with Crippen molar-refractivity contribution >= 4 is 62.3 Å². The third-order valence-electron chi connectivity index (χ3n) is 6.39. The van der Waals surface area contributed by atoms with Gasteiger partial charge in [-0.15, -0.1) is 0 Å². The van der Waals surface area contributed by atoms with E-state index < -0.39 is 40.0 Å². The van der Waals surface area contributed by atoms with Crippen molar-refractivity contribution < 1.29 is 18.0 Å². The molecule has 7 nitrogen and oxygen atoms in total. The van der Waals surface area contributed by atoms with Crippen LogP contribution in [0.4, 0.5) is 5.69 Å². The van der Waals surface area contributed by atoms with E-state index in [0.29, 0.717) is 20.6 Å². The number of nitrogens with one attached hydrogen (secondary N) is 1. The third kappa shape index (κ3) is 8.16. The summed E-state index contributed by atoms with van der Waals surface area (Å²) in [5, 5.41) is 3.85. The Morgan fingerprint density at radius 2 is 1.49 bits per heavy atom. The molecular weight excluding hydrogens is 605 g/mol. The Kier molecular flexibility index (Phi) is 10.4. The molecular formula is C30H34Cl3N3O4S. The topological polar surface area (TPSA) is 86.8 Å². The van der Waals surface area contributed by atoms with Gasteiger partial charge in [-0.25, -0.2) is 8.42 Å². The Balaban J connectivity index is 2.10. The number of nitrogens with zero attached hydrogens (tertiary/aromatic N) is 2. The van der Waals surface area contributed by atoms with Gasteiger partial charge in [0.1, 0.15) is 12.6 Å². The van der Waals surface area contributed by atoms with Crippen LogP contribution in [0.15, 0.2) is 65.6 Å². The number of carbonyl (C=O) groups excluding carboxylic acids is 2. The molecule has 3 rings (SSSR count). The van der Waals surface area contributed by atoms with E-state index in [1.54, 1.807) is 56.3 Å². The minimum atomic E-state index is -4.22. The quantitative estimate of drug-likeness (QED) is 0.280. The fraction of sp³-hybridized carbons (Fsp3) is 0.333. The summed E-state index contributed by atoms with van der Waals surface area (Å²) < 4.78 is 28.9. The molecule has 0 bridgehead atoms. The van der Waals surface area contributed by atoms with Gasteiger partial charge in [0.25, 0.3) is 10.0 Å². The van der Waals surface area contributed by atoms with E-state index in [2.05, 4.69) is 5.32 Å². The van der Waals surface area contributed by atoms with Gasteiger partial charge in [-0.3, -0.25) is 13.9 Å². The van der Waals surface area contributed by atoms with Gasteiger partial charge in [-0.2, -0.15) is 0 Å². The fourth-order valence-electron chi connectivity index (χ4n) is 4.01. The standard InChI is InChI=1S/C30H34Cl3N3O4S/c1-19-10-14-23(15-11-19)41(39,40)36(22-13-12-20(2)27(33)16-22)18-28(37)35(21(3)29(38)34-30(4,5)6)17-24-25(31)8-7-9-26(24)32/h7-16,21H,17-18H2,1-6H3,(H,34,38)/t21-/m0/s1. The summed E-state index contributed by atoms with van der Waals surface area (Å²) >= 11 is 19.2. The molecule has 0 fully saturated rings. The zero-order valence-corrected chi connectivity index (χ0v) is 26.9. The molecule has 1 atom stereocenters. The van der Waals surface area contributed by atoms with E-state index in [4.69, 9.17) is 34.8 Å². The Bertz CT molecular complexity index is 1520. The van der Waals surface area contributed by atoms with Crippen LogP contribution in [-0.2, 0) is 26.2 Å². The van der Waals surface area contributed by atoms with Crippen molar-refractivity contribution in [2.24, 2.45) is 0 Å². The van der Waals surface area contributed by atoms with Crippen molar-refractivity contribution in [1.29, 1.82) is 0 Å². The van der Waals surface area contributed by atoms with Crippen LogP contribution in [0.5, 0.6) is 0 Å². The summed E-state index contributed by atoms with van der Waals surface area (Å²) in [7, 11) is -4.22. The average Bonchev–Trinajstić information content (AvgIpc) is 2.87. The van der Waals surface area contributed by atoms with Crippen LogP contribution in [0.2, 0.25) is 15.1 Å². The van der Waals surface area contributed by atoms with E-state index in [1.165, 1.54) is 23.1 Å². The molecule has 0 aliphatic heterocycles. The first-order chi connectivity index (χ1) is 19.0. The molecule has 3 aromatic carbocycles. The molecule has 0 saturated carbocycles. The normalized spacial score (nSPS) is 12.5. The predicted octanol–water partition coefficient (Wildman–Crippen LogP) is 6.79. The van der Waals surface area contributed by atoms with E-state index in [9.17, 15) is 18.0 Å². The largest absolute Gasteiger partial charge is 0.350 e. The summed E-state index contributed by atoms with van der Waals surface area (Å²) in [5.74, 6) is -1.05. The zero-order valence-electron chi connectivity index (χ0n) is 23.8. The van der Waals surface area contributed by atoms with Gasteiger partial charge in [0.05, 0.1) is 10.6 Å². The molecule has 41 heavy (non-hydrogen) atoms. The number of sulfonamides is 1. The molecule has 0 aromatic heterocycles. The first kappa shape index (κ1) is 32.7. The maximum absolute atomic E-state index is 14.1. The molecule has 0 aliphatic rings. The first-order valence-electron chi connectivity index (χ1n) is 12.9. The number of anilines is 1. The highest BCUT2D eigenvalue weighted by atomic mass is 35.5. The lowest BCUT2D eigenvalue weighted by molar-refractivity contribution is -0.140. The summed E-state index contributed by atoms with van der Waals surface area (Å²) in [6, 6.07) is 15.1. The van der Waals surface area contributed by atoms with Gasteiger partial charge >= 0.3 is 0 Å². The lowest BCUT2D eigenvalue weighted by Crippen LogP contribution is -2.54. The van der Waals surface area contributed by atoms with E-state index >= 15 is 0 Å². The summed E-state index contributed by atoms with van der Waals surface area (Å²) in [5.41, 5.74) is 1.70. The molecule has 11 heteroatoms. The number of aryl methyl sites for hydroxylation is 2. The van der Waals surface area contributed by atoms with Crippen LogP contribution in [0.3, 0.4) is 0 Å². The second-order valence-electron chi connectivity index (χ2n) is 10.9. The minimum absolute atomic E-state index is 0.00631. The lowest BCUT2D eigenvalue weighted by atomic mass is 10.1. The van der Waals surface area contributed by atoms with Crippen molar-refractivity contribution in [2.75, 3.05) is 10.8 Å². The molecule has 0 saturated heterocycles. The van der Waals surface area contributed by atoms with Crippen LogP contribution < -0.4 is 9.62 Å². The van der Waals surface area contributed by atoms with Crippen molar-refractivity contribution in [3.05, 3.63) is 92.4 Å². The van der Waals surface area contributed by atoms with E-state index in [1.807, 2.05) is 27.7 Å². The molecule has 0 radical (unpaired) electrons. The van der Waals surface area contributed by atoms with Crippen LogP contribution in [0.1, 0.15) is 44.4 Å². The third-order valence-corrected chi connectivity index (χ3v) is 9.29. The second-order valence-corrected chi connectivity index (χ2v) is 14.0. The Morgan fingerprint density at radius 1 is 0.902 bits per heavy atom. The molecule has 0 unspecified atom stereocenters. The number of hydrogen-bond acceptors (Lipinski definition) is 4. The maximum atomic E-state index is 14.1. The van der Waals surface area contributed by atoms with Gasteiger partial charge in [0, 0.05) is 32.7 Å². The van der Waals surface area contributed by atoms with Gasteiger partial charge in [-0.05, 0) is 83.5 Å². The Hall–Kier alpha value is -2.78. The summed E-state index contributed by atoms with van der Waals surface area (Å²) in [6.07, 6.45) is 0. The van der Waals surface area contributed by atoms with Crippen molar-refractivity contribution in [1.82, 2.24) is 10.2 Å². The van der Waals surface area contributed by atoms with Crippen LogP contribution >= 0.6 is 34.8 Å². The molecule has 2 amide bonds. The van der Waals surface area contributed by atoms with Gasteiger partial charge in [0.2, 0.25) is 11.8 Å². The van der Waals surface area contributed by atoms with Crippen LogP contribution in [-0.4, -0.2) is 43.3 Å². The highest BCUT2D eigenvalue weighted by Crippen LogP contribution is 2.30. The van der Waals surface area contributed by atoms with E-state index in [0.717, 1.165) is 15.4 Å². The summed E-state index contributed by atoms with van der Waals surface area (Å²) in [6.45, 7) is 9.96. The van der Waals surface area contributed by atoms with Crippen LogP contribution in [0.25, 0.3) is 0 Å². The molecule has 1 N–H and O–H groups in total. The fourth-order valence-corrected chi connectivity index (χ4v) is 6.11. The molecule has 0 aliphatic carbocycles. The second kappa shape index (κ2) is 13.0. The molecule has 0 spiro atoms.